The van der Waals surface area contributed by atoms with Crippen molar-refractivity contribution in [2.24, 2.45) is 0 Å². The second kappa shape index (κ2) is 8.40. The number of anilines is 1. The average Bonchev–Trinajstić information content (AvgIpc) is 3.06. The molecule has 27 heavy (non-hydrogen) atoms. The maximum atomic E-state index is 12.8. The minimum atomic E-state index is -0.113. The van der Waals surface area contributed by atoms with E-state index in [1.807, 2.05) is 59.9 Å². The Balaban J connectivity index is 1.53. The molecule has 2 aromatic carbocycles. The highest BCUT2D eigenvalue weighted by Gasteiger charge is 2.18. The molecule has 0 aliphatic carbocycles. The number of carbonyl (C=O) groups is 1. The lowest BCUT2D eigenvalue weighted by Gasteiger charge is -2.21. The summed E-state index contributed by atoms with van der Waals surface area (Å²) in [4.78, 5) is 17.4. The maximum absolute atomic E-state index is 12.8. The van der Waals surface area contributed by atoms with Crippen molar-refractivity contribution in [3.05, 3.63) is 59.7 Å². The van der Waals surface area contributed by atoms with Crippen LogP contribution in [0.2, 0.25) is 0 Å². The standard InChI is InChI=1S/C21H23N3OS2/c1-2-12-24-18-7-4-3-6-17(18)22-21(24)23-19(25)15-8-10-16(11-9-15)20-26-13-5-14-27-20/h3-4,6-11,20H,2,5,12-14H2,1H3,(H,22,23,25). The van der Waals surface area contributed by atoms with Crippen LogP contribution < -0.4 is 5.32 Å². The maximum Gasteiger partial charge on any atom is 0.257 e. The number of aromatic nitrogens is 2. The number of carbonyl (C=O) groups excluding carboxylic acids is 1. The minimum absolute atomic E-state index is 0.113. The van der Waals surface area contributed by atoms with Gasteiger partial charge in [0.2, 0.25) is 5.95 Å². The van der Waals surface area contributed by atoms with Crippen molar-refractivity contribution in [3.63, 3.8) is 0 Å². The van der Waals surface area contributed by atoms with Crippen LogP contribution in [0.4, 0.5) is 5.95 Å². The molecule has 4 rings (SSSR count). The predicted molar refractivity (Wildman–Crippen MR) is 117 cm³/mol. The summed E-state index contributed by atoms with van der Waals surface area (Å²) in [7, 11) is 0. The Kier molecular flexibility index (Phi) is 5.74. The monoisotopic (exact) mass is 397 g/mol. The Hall–Kier alpha value is -1.92. The third kappa shape index (κ3) is 4.01. The van der Waals surface area contributed by atoms with Crippen molar-refractivity contribution >= 4 is 46.4 Å². The number of imidazole rings is 1. The first-order valence-corrected chi connectivity index (χ1v) is 11.5. The van der Waals surface area contributed by atoms with Crippen LogP contribution in [0.5, 0.6) is 0 Å². The quantitative estimate of drug-likeness (QED) is 0.612. The molecular weight excluding hydrogens is 374 g/mol. The zero-order valence-corrected chi connectivity index (χ0v) is 17.0. The molecule has 1 saturated heterocycles. The molecule has 1 aliphatic heterocycles. The van der Waals surface area contributed by atoms with Gasteiger partial charge in [-0.3, -0.25) is 10.1 Å². The van der Waals surface area contributed by atoms with Crippen LogP contribution in [0.15, 0.2) is 48.5 Å². The first kappa shape index (κ1) is 18.4. The number of hydrogen-bond donors (Lipinski definition) is 1. The molecule has 0 radical (unpaired) electrons. The predicted octanol–water partition coefficient (Wildman–Crippen LogP) is 5.57. The van der Waals surface area contributed by atoms with Crippen LogP contribution in [-0.4, -0.2) is 27.0 Å². The molecule has 1 aliphatic rings. The lowest BCUT2D eigenvalue weighted by atomic mass is 10.1. The largest absolute Gasteiger partial charge is 0.310 e. The molecule has 0 saturated carbocycles. The van der Waals surface area contributed by atoms with Crippen molar-refractivity contribution in [2.45, 2.75) is 30.9 Å². The van der Waals surface area contributed by atoms with Crippen molar-refractivity contribution in [3.8, 4) is 0 Å². The van der Waals surface area contributed by atoms with E-state index in [0.717, 1.165) is 24.0 Å². The van der Waals surface area contributed by atoms with Gasteiger partial charge in [0, 0.05) is 12.1 Å². The molecule has 1 N–H and O–H groups in total. The normalized spacial score (nSPS) is 15.1. The number of rotatable bonds is 5. The van der Waals surface area contributed by atoms with Gasteiger partial charge in [-0.25, -0.2) is 4.98 Å². The number of nitrogens with zero attached hydrogens (tertiary/aromatic N) is 2. The fourth-order valence-electron chi connectivity index (χ4n) is 3.27. The van der Waals surface area contributed by atoms with Crippen molar-refractivity contribution in [2.75, 3.05) is 16.8 Å². The molecule has 1 aromatic heterocycles. The van der Waals surface area contributed by atoms with Crippen molar-refractivity contribution in [1.29, 1.82) is 0 Å². The fourth-order valence-corrected chi connectivity index (χ4v) is 6.16. The second-order valence-corrected chi connectivity index (χ2v) is 9.30. The molecule has 1 fully saturated rings. The van der Waals surface area contributed by atoms with Gasteiger partial charge in [-0.15, -0.1) is 23.5 Å². The van der Waals surface area contributed by atoms with E-state index in [2.05, 4.69) is 33.9 Å². The molecule has 0 atom stereocenters. The highest BCUT2D eigenvalue weighted by molar-refractivity contribution is 8.16. The summed E-state index contributed by atoms with van der Waals surface area (Å²) in [5.74, 6) is 2.94. The lowest BCUT2D eigenvalue weighted by Crippen LogP contribution is -2.16. The molecule has 0 spiro atoms. The van der Waals surface area contributed by atoms with Gasteiger partial charge in [-0.05, 0) is 54.2 Å². The molecule has 140 valence electrons. The molecule has 0 bridgehead atoms. The van der Waals surface area contributed by atoms with Gasteiger partial charge < -0.3 is 4.57 Å². The number of hydrogen-bond acceptors (Lipinski definition) is 4. The van der Waals surface area contributed by atoms with E-state index in [1.165, 1.54) is 23.5 Å². The van der Waals surface area contributed by atoms with Gasteiger partial charge >= 0.3 is 0 Å². The van der Waals surface area contributed by atoms with Gasteiger partial charge in [0.05, 0.1) is 15.6 Å². The molecule has 4 nitrogen and oxygen atoms in total. The molecular formula is C21H23N3OS2. The minimum Gasteiger partial charge on any atom is -0.310 e. The Labute approximate surface area is 168 Å². The van der Waals surface area contributed by atoms with E-state index in [-0.39, 0.29) is 5.91 Å². The Morgan fingerprint density at radius 1 is 1.15 bits per heavy atom. The number of benzene rings is 2. The third-order valence-electron chi connectivity index (χ3n) is 4.60. The third-order valence-corrected chi connectivity index (χ3v) is 7.61. The Morgan fingerprint density at radius 3 is 2.63 bits per heavy atom. The highest BCUT2D eigenvalue weighted by Crippen LogP contribution is 2.43. The van der Waals surface area contributed by atoms with Crippen molar-refractivity contribution < 1.29 is 4.79 Å². The summed E-state index contributed by atoms with van der Waals surface area (Å²) in [6, 6.07) is 16.0. The zero-order valence-electron chi connectivity index (χ0n) is 15.4. The van der Waals surface area contributed by atoms with Gasteiger partial charge in [0.15, 0.2) is 0 Å². The summed E-state index contributed by atoms with van der Waals surface area (Å²) in [5.41, 5.74) is 3.92. The van der Waals surface area contributed by atoms with Crippen LogP contribution in [0.1, 0.15) is 40.3 Å². The number of amides is 1. The Morgan fingerprint density at radius 2 is 1.89 bits per heavy atom. The lowest BCUT2D eigenvalue weighted by molar-refractivity contribution is 0.102. The summed E-state index contributed by atoms with van der Waals surface area (Å²) in [6.45, 7) is 2.95. The number of thioether (sulfide) groups is 2. The Bertz CT molecular complexity index is 930. The van der Waals surface area contributed by atoms with E-state index >= 15 is 0 Å². The summed E-state index contributed by atoms with van der Waals surface area (Å²) >= 11 is 3.98. The zero-order chi connectivity index (χ0) is 18.6. The van der Waals surface area contributed by atoms with Crippen LogP contribution in [0.25, 0.3) is 11.0 Å². The van der Waals surface area contributed by atoms with Gasteiger partial charge in [0.25, 0.3) is 5.91 Å². The van der Waals surface area contributed by atoms with Gasteiger partial charge in [-0.1, -0.05) is 31.2 Å². The number of aryl methyl sites for hydroxylation is 1. The number of nitrogens with one attached hydrogen (secondary N) is 1. The van der Waals surface area contributed by atoms with Crippen LogP contribution in [0, 0.1) is 0 Å². The van der Waals surface area contributed by atoms with E-state index in [4.69, 9.17) is 0 Å². The summed E-state index contributed by atoms with van der Waals surface area (Å²) in [6.07, 6.45) is 2.26. The number of para-hydroxylation sites is 2. The molecule has 0 unspecified atom stereocenters. The average molecular weight is 398 g/mol. The topological polar surface area (TPSA) is 46.9 Å². The molecule has 2 heterocycles. The smallest absolute Gasteiger partial charge is 0.257 e. The molecule has 3 aromatic rings. The fraction of sp³-hybridized carbons (Fsp3) is 0.333. The van der Waals surface area contributed by atoms with E-state index in [1.54, 1.807) is 0 Å². The molecule has 6 heteroatoms. The van der Waals surface area contributed by atoms with E-state index < -0.39 is 0 Å². The summed E-state index contributed by atoms with van der Waals surface area (Å²) in [5, 5.41) is 3.00. The first-order valence-electron chi connectivity index (χ1n) is 9.36. The SMILES string of the molecule is CCCn1c(NC(=O)c2ccc(C3SCCCS3)cc2)nc2ccccc21. The van der Waals surface area contributed by atoms with Crippen LogP contribution in [-0.2, 0) is 6.54 Å². The second-order valence-electron chi connectivity index (χ2n) is 6.58. The number of fused-ring (bicyclic) bond motifs is 1. The first-order chi connectivity index (χ1) is 13.3. The van der Waals surface area contributed by atoms with E-state index in [0.29, 0.717) is 16.1 Å². The van der Waals surface area contributed by atoms with Gasteiger partial charge in [-0.2, -0.15) is 0 Å². The van der Waals surface area contributed by atoms with E-state index in [9.17, 15) is 4.79 Å². The highest BCUT2D eigenvalue weighted by atomic mass is 32.2. The van der Waals surface area contributed by atoms with Crippen LogP contribution >= 0.6 is 23.5 Å². The van der Waals surface area contributed by atoms with Gasteiger partial charge in [0.1, 0.15) is 0 Å². The summed E-state index contributed by atoms with van der Waals surface area (Å²) < 4.78 is 2.57. The molecule has 1 amide bonds. The van der Waals surface area contributed by atoms with Crippen molar-refractivity contribution in [1.82, 2.24) is 9.55 Å². The van der Waals surface area contributed by atoms with Crippen LogP contribution in [0.3, 0.4) is 0 Å².